The zero-order chi connectivity index (χ0) is 35.1. The molecule has 1 aliphatic rings. The van der Waals surface area contributed by atoms with Crippen LogP contribution in [-0.2, 0) is 35.2 Å². The Hall–Kier alpha value is -4.48. The van der Waals surface area contributed by atoms with E-state index >= 15 is 0 Å². The second-order valence-corrected chi connectivity index (χ2v) is 13.1. The third-order valence-electron chi connectivity index (χ3n) is 8.43. The van der Waals surface area contributed by atoms with E-state index in [1.807, 2.05) is 56.3 Å². The minimum Gasteiger partial charge on any atom is -0.481 e. The van der Waals surface area contributed by atoms with Gasteiger partial charge in [0.05, 0.1) is 0 Å². The van der Waals surface area contributed by atoms with Gasteiger partial charge < -0.3 is 31.7 Å². The van der Waals surface area contributed by atoms with Crippen LogP contribution in [0.4, 0.5) is 0 Å². The van der Waals surface area contributed by atoms with Gasteiger partial charge in [-0.2, -0.15) is 0 Å². The third-order valence-corrected chi connectivity index (χ3v) is 8.43. The fourth-order valence-electron chi connectivity index (χ4n) is 6.06. The monoisotopic (exact) mass is 665 g/mol. The summed E-state index contributed by atoms with van der Waals surface area (Å²) in [6.45, 7) is 5.84. The average molecular weight is 666 g/mol. The number of rotatable bonds is 15. The van der Waals surface area contributed by atoms with Crippen LogP contribution in [0.3, 0.4) is 0 Å². The zero-order valence-corrected chi connectivity index (χ0v) is 28.3. The summed E-state index contributed by atoms with van der Waals surface area (Å²) < 4.78 is 0. The lowest BCUT2D eigenvalue weighted by Crippen LogP contribution is -2.56. The molecule has 1 heterocycles. The smallest absolute Gasteiger partial charge is 0.303 e. The summed E-state index contributed by atoms with van der Waals surface area (Å²) in [6.07, 6.45) is 3.72. The standard InChI is InChI=1S/C36H51N5O7/c1-23(2)20-27-22-32(43)39-29(17-9-10-19-37-24(3)42)34(46)40-30(16-5-4-6-18-33(44)45)35(47)41-31(36(48)38-27)21-26-14-11-13-25-12-7-8-15-28(25)26/h7-8,11-15,23,27,29-31H,4-6,9-10,16-22H2,1-3H3,(H,37,42)(H,38,48)(H,39,43)(H,40,46)(H,41,47)(H,44,45)/t27-,29-,30-,31-/m0/s1. The topological polar surface area (TPSA) is 183 Å². The number of carboxylic acid groups (broad SMARTS) is 1. The molecule has 12 heteroatoms. The van der Waals surface area contributed by atoms with E-state index < -0.39 is 53.8 Å². The summed E-state index contributed by atoms with van der Waals surface area (Å²) in [5, 5.41) is 25.3. The number of benzene rings is 2. The first kappa shape index (κ1) is 38.0. The Morgan fingerprint density at radius 2 is 1.42 bits per heavy atom. The second kappa shape index (κ2) is 19.4. The number of aliphatic carboxylic acids is 1. The fourth-order valence-corrected chi connectivity index (χ4v) is 6.06. The highest BCUT2D eigenvalue weighted by atomic mass is 16.4. The van der Waals surface area contributed by atoms with Crippen molar-refractivity contribution in [2.24, 2.45) is 5.92 Å². The third kappa shape index (κ3) is 13.0. The van der Waals surface area contributed by atoms with Crippen LogP contribution < -0.4 is 26.6 Å². The van der Waals surface area contributed by atoms with Gasteiger partial charge in [-0.05, 0) is 60.8 Å². The first-order valence-electron chi connectivity index (χ1n) is 17.1. The number of hydrogen-bond acceptors (Lipinski definition) is 6. The van der Waals surface area contributed by atoms with Crippen molar-refractivity contribution in [3.8, 4) is 0 Å². The van der Waals surface area contributed by atoms with E-state index in [1.54, 1.807) is 0 Å². The Kier molecular flexibility index (Phi) is 15.3. The summed E-state index contributed by atoms with van der Waals surface area (Å²) in [5.74, 6) is -2.76. The molecule has 262 valence electrons. The lowest BCUT2D eigenvalue weighted by Gasteiger charge is -2.26. The average Bonchev–Trinajstić information content (AvgIpc) is 3.02. The van der Waals surface area contributed by atoms with E-state index in [4.69, 9.17) is 5.11 Å². The first-order valence-corrected chi connectivity index (χ1v) is 17.1. The molecule has 2 aromatic carbocycles. The van der Waals surface area contributed by atoms with Gasteiger partial charge in [0.1, 0.15) is 18.1 Å². The lowest BCUT2D eigenvalue weighted by molar-refractivity contribution is -0.137. The van der Waals surface area contributed by atoms with Crippen molar-refractivity contribution in [3.63, 3.8) is 0 Å². The van der Waals surface area contributed by atoms with E-state index in [0.29, 0.717) is 45.1 Å². The van der Waals surface area contributed by atoms with Gasteiger partial charge in [-0.1, -0.05) is 69.2 Å². The molecule has 0 radical (unpaired) electrons. The molecular weight excluding hydrogens is 614 g/mol. The number of carboxylic acids is 1. The van der Waals surface area contributed by atoms with Crippen LogP contribution in [0.1, 0.15) is 90.5 Å². The van der Waals surface area contributed by atoms with Gasteiger partial charge in [-0.15, -0.1) is 0 Å². The predicted molar refractivity (Wildman–Crippen MR) is 183 cm³/mol. The van der Waals surface area contributed by atoms with E-state index in [-0.39, 0.29) is 43.9 Å². The van der Waals surface area contributed by atoms with Crippen LogP contribution in [0, 0.1) is 5.92 Å². The van der Waals surface area contributed by atoms with Crippen LogP contribution >= 0.6 is 0 Å². The van der Waals surface area contributed by atoms with E-state index in [0.717, 1.165) is 16.3 Å². The highest BCUT2D eigenvalue weighted by molar-refractivity contribution is 5.95. The maximum absolute atomic E-state index is 13.9. The molecule has 0 spiro atoms. The molecule has 2 aromatic rings. The molecule has 0 saturated carbocycles. The number of carbonyl (C=O) groups is 6. The summed E-state index contributed by atoms with van der Waals surface area (Å²) in [5.41, 5.74) is 0.865. The maximum atomic E-state index is 13.9. The van der Waals surface area contributed by atoms with Crippen molar-refractivity contribution < 1.29 is 33.9 Å². The largest absolute Gasteiger partial charge is 0.481 e. The van der Waals surface area contributed by atoms with E-state index in [9.17, 15) is 28.8 Å². The van der Waals surface area contributed by atoms with Gasteiger partial charge in [0.2, 0.25) is 29.5 Å². The molecule has 1 fully saturated rings. The Balaban J connectivity index is 1.92. The maximum Gasteiger partial charge on any atom is 0.303 e. The quantitative estimate of drug-likeness (QED) is 0.158. The fraction of sp³-hybridized carbons (Fsp3) is 0.556. The molecule has 1 saturated heterocycles. The van der Waals surface area contributed by atoms with Crippen molar-refractivity contribution in [1.82, 2.24) is 26.6 Å². The normalized spacial score (nSPS) is 20.8. The molecule has 5 amide bonds. The van der Waals surface area contributed by atoms with Gasteiger partial charge in [0.25, 0.3) is 0 Å². The van der Waals surface area contributed by atoms with Gasteiger partial charge in [-0.3, -0.25) is 28.8 Å². The molecule has 0 bridgehead atoms. The number of carbonyl (C=O) groups excluding carboxylic acids is 5. The van der Waals surface area contributed by atoms with Gasteiger partial charge in [0, 0.05) is 38.8 Å². The van der Waals surface area contributed by atoms with Crippen LogP contribution in [-0.4, -0.2) is 71.3 Å². The Labute approximate surface area is 282 Å². The Morgan fingerprint density at radius 1 is 0.792 bits per heavy atom. The second-order valence-electron chi connectivity index (χ2n) is 13.1. The molecule has 0 aromatic heterocycles. The van der Waals surface area contributed by atoms with Crippen molar-refractivity contribution in [1.29, 1.82) is 0 Å². The molecule has 48 heavy (non-hydrogen) atoms. The van der Waals surface area contributed by atoms with Crippen molar-refractivity contribution >= 4 is 46.3 Å². The van der Waals surface area contributed by atoms with Crippen LogP contribution in [0.25, 0.3) is 10.8 Å². The molecule has 6 N–H and O–H groups in total. The van der Waals surface area contributed by atoms with Crippen molar-refractivity contribution in [2.75, 3.05) is 6.54 Å². The number of amides is 5. The molecule has 0 aliphatic carbocycles. The minimum atomic E-state index is -1.02. The summed E-state index contributed by atoms with van der Waals surface area (Å²) >= 11 is 0. The zero-order valence-electron chi connectivity index (χ0n) is 28.3. The molecule has 4 atom stereocenters. The lowest BCUT2D eigenvalue weighted by atomic mass is 9.96. The van der Waals surface area contributed by atoms with Gasteiger partial charge in [0.15, 0.2) is 0 Å². The molecule has 0 unspecified atom stereocenters. The summed E-state index contributed by atoms with van der Waals surface area (Å²) in [4.78, 5) is 77.1. The highest BCUT2D eigenvalue weighted by Gasteiger charge is 2.32. The minimum absolute atomic E-state index is 0.000629. The van der Waals surface area contributed by atoms with Gasteiger partial charge >= 0.3 is 5.97 Å². The highest BCUT2D eigenvalue weighted by Crippen LogP contribution is 2.21. The van der Waals surface area contributed by atoms with Crippen molar-refractivity contribution in [2.45, 2.75) is 116 Å². The molecular formula is C36H51N5O7. The molecule has 3 rings (SSSR count). The number of fused-ring (bicyclic) bond motifs is 1. The summed E-state index contributed by atoms with van der Waals surface area (Å²) in [7, 11) is 0. The molecule has 1 aliphatic heterocycles. The van der Waals surface area contributed by atoms with Gasteiger partial charge in [-0.25, -0.2) is 0 Å². The van der Waals surface area contributed by atoms with Crippen molar-refractivity contribution in [3.05, 3.63) is 48.0 Å². The number of unbranched alkanes of at least 4 members (excludes halogenated alkanes) is 3. The summed E-state index contributed by atoms with van der Waals surface area (Å²) in [6, 6.07) is 10.1. The van der Waals surface area contributed by atoms with Crippen LogP contribution in [0.2, 0.25) is 0 Å². The first-order chi connectivity index (χ1) is 22.9. The van der Waals surface area contributed by atoms with E-state index in [2.05, 4.69) is 26.6 Å². The Morgan fingerprint density at radius 3 is 2.10 bits per heavy atom. The van der Waals surface area contributed by atoms with Crippen LogP contribution in [0.15, 0.2) is 42.5 Å². The van der Waals surface area contributed by atoms with E-state index in [1.165, 1.54) is 6.92 Å². The molecule has 12 nitrogen and oxygen atoms in total. The predicted octanol–water partition coefficient (Wildman–Crippen LogP) is 3.11. The number of nitrogens with one attached hydrogen (secondary N) is 5. The number of hydrogen-bond donors (Lipinski definition) is 6. The SMILES string of the molecule is CC(=O)NCCCC[C@@H]1NC(=O)C[C@H](CC(C)C)NC(=O)[C@H](Cc2cccc3ccccc23)NC(=O)[C@H](CCCCCC(=O)O)NC1=O. The Bertz CT molecular complexity index is 1420. The van der Waals surface area contributed by atoms with Crippen LogP contribution in [0.5, 0.6) is 0 Å².